The van der Waals surface area contributed by atoms with E-state index in [0.717, 1.165) is 31.8 Å². The first-order chi connectivity index (χ1) is 9.83. The van der Waals surface area contributed by atoms with Gasteiger partial charge >= 0.3 is 6.09 Å². The fourth-order valence-corrected chi connectivity index (χ4v) is 2.20. The summed E-state index contributed by atoms with van der Waals surface area (Å²) < 4.78 is 10.5. The van der Waals surface area contributed by atoms with E-state index >= 15 is 0 Å². The second kappa shape index (κ2) is 6.34. The van der Waals surface area contributed by atoms with Crippen LogP contribution in [0.15, 0.2) is 10.6 Å². The smallest absolute Gasteiger partial charge is 0.410 e. The van der Waals surface area contributed by atoms with E-state index in [0.29, 0.717) is 18.9 Å². The molecule has 2 N–H and O–H groups in total. The molecule has 1 saturated heterocycles. The molecule has 7 heteroatoms. The number of piperazine rings is 1. The Kier molecular flexibility index (Phi) is 4.72. The maximum absolute atomic E-state index is 12.0. The largest absolute Gasteiger partial charge is 0.444 e. The molecule has 21 heavy (non-hydrogen) atoms. The summed E-state index contributed by atoms with van der Waals surface area (Å²) in [6.07, 6.45) is 0.543. The van der Waals surface area contributed by atoms with Gasteiger partial charge in [-0.1, -0.05) is 5.16 Å². The molecule has 7 nitrogen and oxygen atoms in total. The quantitative estimate of drug-likeness (QED) is 0.906. The van der Waals surface area contributed by atoms with Crippen molar-refractivity contribution in [2.75, 3.05) is 38.5 Å². The number of hydrogen-bond donors (Lipinski definition) is 1. The molecule has 1 amide bonds. The van der Waals surface area contributed by atoms with Gasteiger partial charge in [0.1, 0.15) is 11.4 Å². The van der Waals surface area contributed by atoms with E-state index in [1.54, 1.807) is 11.0 Å². The number of anilines is 1. The van der Waals surface area contributed by atoms with Gasteiger partial charge in [-0.25, -0.2) is 4.79 Å². The number of amides is 1. The maximum atomic E-state index is 12.0. The van der Waals surface area contributed by atoms with Crippen LogP contribution in [0.4, 0.5) is 10.6 Å². The predicted molar refractivity (Wildman–Crippen MR) is 78.9 cm³/mol. The molecule has 0 bridgehead atoms. The molecule has 1 aliphatic heterocycles. The molecule has 1 fully saturated rings. The molecule has 0 atom stereocenters. The summed E-state index contributed by atoms with van der Waals surface area (Å²) in [7, 11) is 0. The first-order valence-corrected chi connectivity index (χ1v) is 7.25. The summed E-state index contributed by atoms with van der Waals surface area (Å²) in [5, 5.41) is 3.66. The number of nitrogens with two attached hydrogens (primary N) is 1. The Hall–Kier alpha value is -1.76. The first-order valence-electron chi connectivity index (χ1n) is 7.25. The van der Waals surface area contributed by atoms with E-state index in [1.165, 1.54) is 0 Å². The lowest BCUT2D eigenvalue weighted by molar-refractivity contribution is 0.0145. The third kappa shape index (κ3) is 4.93. The van der Waals surface area contributed by atoms with Gasteiger partial charge in [-0.15, -0.1) is 0 Å². The van der Waals surface area contributed by atoms with E-state index in [-0.39, 0.29) is 6.09 Å². The third-order valence-corrected chi connectivity index (χ3v) is 3.28. The van der Waals surface area contributed by atoms with E-state index < -0.39 is 5.60 Å². The van der Waals surface area contributed by atoms with Crippen LogP contribution in [0.2, 0.25) is 0 Å². The van der Waals surface area contributed by atoms with Crippen LogP contribution < -0.4 is 5.73 Å². The van der Waals surface area contributed by atoms with Crippen molar-refractivity contribution in [2.45, 2.75) is 32.8 Å². The molecule has 1 aliphatic rings. The topological polar surface area (TPSA) is 84.8 Å². The maximum Gasteiger partial charge on any atom is 0.410 e. The summed E-state index contributed by atoms with van der Waals surface area (Å²) in [5.74, 6) is 1.21. The Bertz CT molecular complexity index is 473. The molecule has 1 aromatic rings. The van der Waals surface area contributed by atoms with E-state index in [2.05, 4.69) is 10.1 Å². The highest BCUT2D eigenvalue weighted by Gasteiger charge is 2.25. The molecule has 0 aromatic carbocycles. The Morgan fingerprint density at radius 3 is 2.57 bits per heavy atom. The number of carbonyl (C=O) groups excluding carboxylic acids is 1. The molecule has 1 aromatic heterocycles. The Balaban J connectivity index is 1.72. The number of ether oxygens (including phenoxy) is 1. The van der Waals surface area contributed by atoms with Gasteiger partial charge in [0, 0.05) is 45.2 Å². The van der Waals surface area contributed by atoms with Gasteiger partial charge in [-0.3, -0.25) is 4.90 Å². The lowest BCUT2D eigenvalue weighted by Crippen LogP contribution is -2.50. The van der Waals surface area contributed by atoms with Crippen LogP contribution in [0.5, 0.6) is 0 Å². The van der Waals surface area contributed by atoms with Crippen molar-refractivity contribution in [3.05, 3.63) is 11.8 Å². The van der Waals surface area contributed by atoms with Crippen molar-refractivity contribution < 1.29 is 14.1 Å². The minimum absolute atomic E-state index is 0.231. The molecule has 2 rings (SSSR count). The van der Waals surface area contributed by atoms with Gasteiger partial charge in [0.15, 0.2) is 5.82 Å². The molecule has 0 aliphatic carbocycles. The fraction of sp³-hybridized carbons (Fsp3) is 0.714. The zero-order valence-electron chi connectivity index (χ0n) is 13.0. The van der Waals surface area contributed by atoms with Gasteiger partial charge in [0.05, 0.1) is 0 Å². The minimum atomic E-state index is -0.444. The highest BCUT2D eigenvalue weighted by Crippen LogP contribution is 2.12. The Morgan fingerprint density at radius 1 is 1.38 bits per heavy atom. The summed E-state index contributed by atoms with van der Waals surface area (Å²) in [6.45, 7) is 9.56. The molecule has 0 saturated carbocycles. The average Bonchev–Trinajstić information content (AvgIpc) is 2.81. The summed E-state index contributed by atoms with van der Waals surface area (Å²) in [5.41, 5.74) is 5.07. The van der Waals surface area contributed by atoms with Crippen LogP contribution in [0.1, 0.15) is 26.5 Å². The Morgan fingerprint density at radius 2 is 2.05 bits per heavy atom. The van der Waals surface area contributed by atoms with Gasteiger partial charge in [-0.05, 0) is 20.8 Å². The first kappa shape index (κ1) is 15.6. The van der Waals surface area contributed by atoms with Crippen LogP contribution in [-0.4, -0.2) is 59.4 Å². The number of nitrogen functional groups attached to an aromatic ring is 1. The van der Waals surface area contributed by atoms with Crippen molar-refractivity contribution in [1.29, 1.82) is 0 Å². The predicted octanol–water partition coefficient (Wildman–Crippen LogP) is 1.35. The van der Waals surface area contributed by atoms with Crippen molar-refractivity contribution in [2.24, 2.45) is 0 Å². The van der Waals surface area contributed by atoms with Crippen molar-refractivity contribution in [1.82, 2.24) is 15.0 Å². The normalized spacial score (nSPS) is 17.0. The molecule has 118 valence electrons. The highest BCUT2D eigenvalue weighted by molar-refractivity contribution is 5.68. The monoisotopic (exact) mass is 296 g/mol. The highest BCUT2D eigenvalue weighted by atomic mass is 16.6. The molecule has 2 heterocycles. The zero-order chi connectivity index (χ0) is 15.5. The van der Waals surface area contributed by atoms with Crippen LogP contribution in [-0.2, 0) is 11.2 Å². The van der Waals surface area contributed by atoms with Gasteiger partial charge in [0.2, 0.25) is 0 Å². The van der Waals surface area contributed by atoms with Gasteiger partial charge in [0.25, 0.3) is 0 Å². The standard InChI is InChI=1S/C14H24N4O3/c1-14(2,3)20-13(19)18-8-6-17(7-9-18)5-4-11-10-12(15)16-21-11/h10H,4-9H2,1-3H3,(H2,15,16). The van der Waals surface area contributed by atoms with Crippen molar-refractivity contribution >= 4 is 11.9 Å². The van der Waals surface area contributed by atoms with Gasteiger partial charge < -0.3 is 19.9 Å². The number of carbonyl (C=O) groups is 1. The summed E-state index contributed by atoms with van der Waals surface area (Å²) >= 11 is 0. The molecule has 0 spiro atoms. The zero-order valence-corrected chi connectivity index (χ0v) is 13.0. The fourth-order valence-electron chi connectivity index (χ4n) is 2.20. The van der Waals surface area contributed by atoms with Crippen LogP contribution in [0, 0.1) is 0 Å². The molecule has 0 unspecified atom stereocenters. The van der Waals surface area contributed by atoms with Crippen molar-refractivity contribution in [3.8, 4) is 0 Å². The van der Waals surface area contributed by atoms with E-state index in [9.17, 15) is 4.79 Å². The average molecular weight is 296 g/mol. The molecule has 0 radical (unpaired) electrons. The number of nitrogens with zero attached hydrogens (tertiary/aromatic N) is 3. The number of hydrogen-bond acceptors (Lipinski definition) is 6. The minimum Gasteiger partial charge on any atom is -0.444 e. The SMILES string of the molecule is CC(C)(C)OC(=O)N1CCN(CCc2cc(N)no2)CC1. The van der Waals surface area contributed by atoms with E-state index in [4.69, 9.17) is 15.0 Å². The van der Waals surface area contributed by atoms with Crippen molar-refractivity contribution in [3.63, 3.8) is 0 Å². The number of rotatable bonds is 3. The second-order valence-corrected chi connectivity index (χ2v) is 6.28. The van der Waals surface area contributed by atoms with Crippen LogP contribution >= 0.6 is 0 Å². The van der Waals surface area contributed by atoms with E-state index in [1.807, 2.05) is 20.8 Å². The lowest BCUT2D eigenvalue weighted by atomic mass is 10.2. The summed E-state index contributed by atoms with van der Waals surface area (Å²) in [4.78, 5) is 16.0. The van der Waals surface area contributed by atoms with Crippen LogP contribution in [0.25, 0.3) is 0 Å². The number of aromatic nitrogens is 1. The molecular formula is C14H24N4O3. The summed E-state index contributed by atoms with van der Waals surface area (Å²) in [6, 6.07) is 1.75. The Labute approximate surface area is 125 Å². The molecular weight excluding hydrogens is 272 g/mol. The van der Waals surface area contributed by atoms with Gasteiger partial charge in [-0.2, -0.15) is 0 Å². The lowest BCUT2D eigenvalue weighted by Gasteiger charge is -2.35. The third-order valence-electron chi connectivity index (χ3n) is 3.28. The second-order valence-electron chi connectivity index (χ2n) is 6.28. The van der Waals surface area contributed by atoms with Crippen LogP contribution in [0.3, 0.4) is 0 Å².